The number of fused-ring (bicyclic) bond motifs is 1. The number of carbonyl (C=O) groups is 1. The Kier molecular flexibility index (Phi) is 5.06. The van der Waals surface area contributed by atoms with Gasteiger partial charge in [-0.05, 0) is 41.0 Å². The van der Waals surface area contributed by atoms with Crippen LogP contribution in [0.1, 0.15) is 5.56 Å². The molecule has 0 bridgehead atoms. The number of benzene rings is 3. The molecule has 0 aliphatic carbocycles. The van der Waals surface area contributed by atoms with Gasteiger partial charge in [0.2, 0.25) is 5.91 Å². The van der Waals surface area contributed by atoms with E-state index in [0.29, 0.717) is 6.54 Å². The maximum Gasteiger partial charge on any atom is 0.240 e. The lowest BCUT2D eigenvalue weighted by molar-refractivity contribution is -0.121. The molecule has 0 unspecified atom stereocenters. The second kappa shape index (κ2) is 7.96. The maximum absolute atomic E-state index is 12.3. The van der Waals surface area contributed by atoms with Gasteiger partial charge in [0.15, 0.2) is 0 Å². The maximum atomic E-state index is 12.3. The second-order valence-electron chi connectivity index (χ2n) is 6.57. The van der Waals surface area contributed by atoms with Gasteiger partial charge in [-0.1, -0.05) is 48.5 Å². The number of amides is 1. The fraction of sp³-hybridized carbons (Fsp3) is 0.130. The predicted molar refractivity (Wildman–Crippen MR) is 110 cm³/mol. The number of carbonyl (C=O) groups excluding carboxylic acids is 1. The molecule has 0 saturated carbocycles. The van der Waals surface area contributed by atoms with Gasteiger partial charge in [0.1, 0.15) is 12.3 Å². The molecule has 1 N–H and O–H groups in total. The molecule has 3 aromatic carbocycles. The average molecular weight is 371 g/mol. The predicted octanol–water partition coefficient (Wildman–Crippen LogP) is 4.03. The minimum atomic E-state index is -0.0416. The quantitative estimate of drug-likeness (QED) is 0.557. The van der Waals surface area contributed by atoms with E-state index < -0.39 is 0 Å². The van der Waals surface area contributed by atoms with Crippen LogP contribution in [0, 0.1) is 0 Å². The van der Waals surface area contributed by atoms with Crippen molar-refractivity contribution >= 4 is 16.9 Å². The highest BCUT2D eigenvalue weighted by atomic mass is 16.5. The van der Waals surface area contributed by atoms with Crippen molar-refractivity contribution < 1.29 is 9.53 Å². The summed E-state index contributed by atoms with van der Waals surface area (Å²) in [5, 5.41) is 2.97. The van der Waals surface area contributed by atoms with Crippen LogP contribution in [0.4, 0.5) is 0 Å². The van der Waals surface area contributed by atoms with Gasteiger partial charge in [0.05, 0.1) is 24.5 Å². The monoisotopic (exact) mass is 371 g/mol. The SMILES string of the molecule is COc1cccc(-c2ccc(CNC(=O)Cn3cnc4ccccc43)cc2)c1. The molecule has 0 spiro atoms. The molecular formula is C23H21N3O2. The summed E-state index contributed by atoms with van der Waals surface area (Å²) in [6.07, 6.45) is 1.70. The summed E-state index contributed by atoms with van der Waals surface area (Å²) in [7, 11) is 1.66. The highest BCUT2D eigenvalue weighted by Gasteiger charge is 2.07. The van der Waals surface area contributed by atoms with Crippen LogP contribution >= 0.6 is 0 Å². The molecule has 28 heavy (non-hydrogen) atoms. The van der Waals surface area contributed by atoms with Crippen LogP contribution in [0.25, 0.3) is 22.2 Å². The number of hydrogen-bond donors (Lipinski definition) is 1. The summed E-state index contributed by atoms with van der Waals surface area (Å²) in [6, 6.07) is 23.9. The van der Waals surface area contributed by atoms with Crippen molar-refractivity contribution in [1.29, 1.82) is 0 Å². The minimum Gasteiger partial charge on any atom is -0.497 e. The molecule has 0 aliphatic rings. The fourth-order valence-corrected chi connectivity index (χ4v) is 3.17. The number of nitrogens with one attached hydrogen (secondary N) is 1. The lowest BCUT2D eigenvalue weighted by Crippen LogP contribution is -2.26. The Balaban J connectivity index is 1.37. The van der Waals surface area contributed by atoms with Crippen LogP contribution in [-0.2, 0) is 17.9 Å². The van der Waals surface area contributed by atoms with Gasteiger partial charge >= 0.3 is 0 Å². The van der Waals surface area contributed by atoms with Gasteiger partial charge in [-0.2, -0.15) is 0 Å². The molecule has 0 atom stereocenters. The summed E-state index contributed by atoms with van der Waals surface area (Å²) in [6.45, 7) is 0.742. The lowest BCUT2D eigenvalue weighted by Gasteiger charge is -2.09. The topological polar surface area (TPSA) is 56.1 Å². The highest BCUT2D eigenvalue weighted by molar-refractivity contribution is 5.80. The normalized spacial score (nSPS) is 10.8. The van der Waals surface area contributed by atoms with Gasteiger partial charge in [0, 0.05) is 6.54 Å². The van der Waals surface area contributed by atoms with Crippen LogP contribution in [-0.4, -0.2) is 22.6 Å². The molecule has 0 saturated heterocycles. The van der Waals surface area contributed by atoms with Gasteiger partial charge < -0.3 is 14.6 Å². The van der Waals surface area contributed by atoms with Crippen LogP contribution in [0.3, 0.4) is 0 Å². The van der Waals surface area contributed by atoms with Crippen LogP contribution < -0.4 is 10.1 Å². The summed E-state index contributed by atoms with van der Waals surface area (Å²) in [4.78, 5) is 16.6. The van der Waals surface area contributed by atoms with Gasteiger partial charge in [-0.15, -0.1) is 0 Å². The van der Waals surface area contributed by atoms with Crippen molar-refractivity contribution in [1.82, 2.24) is 14.9 Å². The smallest absolute Gasteiger partial charge is 0.240 e. The van der Waals surface area contributed by atoms with Crippen molar-refractivity contribution in [2.24, 2.45) is 0 Å². The number of imidazole rings is 1. The summed E-state index contributed by atoms with van der Waals surface area (Å²) in [5.41, 5.74) is 5.11. The van der Waals surface area contributed by atoms with E-state index in [0.717, 1.165) is 33.5 Å². The van der Waals surface area contributed by atoms with Crippen molar-refractivity contribution in [3.63, 3.8) is 0 Å². The van der Waals surface area contributed by atoms with E-state index in [1.165, 1.54) is 0 Å². The Bertz CT molecular complexity index is 1100. The summed E-state index contributed by atoms with van der Waals surface area (Å²) < 4.78 is 7.14. The Hall–Kier alpha value is -3.60. The van der Waals surface area contributed by atoms with Crippen LogP contribution in [0.2, 0.25) is 0 Å². The van der Waals surface area contributed by atoms with E-state index in [1.807, 2.05) is 59.2 Å². The number of ether oxygens (including phenoxy) is 1. The minimum absolute atomic E-state index is 0.0416. The molecular weight excluding hydrogens is 350 g/mol. The van der Waals surface area contributed by atoms with Crippen LogP contribution in [0.15, 0.2) is 79.1 Å². The van der Waals surface area contributed by atoms with E-state index in [1.54, 1.807) is 13.4 Å². The standard InChI is InChI=1S/C23H21N3O2/c1-28-20-6-4-5-19(13-20)18-11-9-17(10-12-18)14-24-23(27)15-26-16-25-21-7-2-3-8-22(21)26/h2-13,16H,14-15H2,1H3,(H,24,27). The van der Waals surface area contributed by atoms with E-state index in [2.05, 4.69) is 28.5 Å². The third-order valence-electron chi connectivity index (χ3n) is 4.69. The van der Waals surface area contributed by atoms with Crippen molar-refractivity contribution in [2.45, 2.75) is 13.1 Å². The zero-order valence-corrected chi connectivity index (χ0v) is 15.6. The Morgan fingerprint density at radius 2 is 1.82 bits per heavy atom. The summed E-state index contributed by atoms with van der Waals surface area (Å²) in [5.74, 6) is 0.792. The van der Waals surface area contributed by atoms with Crippen molar-refractivity contribution in [2.75, 3.05) is 7.11 Å². The number of aromatic nitrogens is 2. The number of para-hydroxylation sites is 2. The third-order valence-corrected chi connectivity index (χ3v) is 4.69. The van der Waals surface area contributed by atoms with E-state index in [9.17, 15) is 4.79 Å². The molecule has 5 heteroatoms. The number of methoxy groups -OCH3 is 1. The molecule has 4 rings (SSSR count). The van der Waals surface area contributed by atoms with E-state index in [4.69, 9.17) is 4.74 Å². The van der Waals surface area contributed by atoms with E-state index in [-0.39, 0.29) is 12.5 Å². The largest absolute Gasteiger partial charge is 0.497 e. The zero-order valence-electron chi connectivity index (χ0n) is 15.6. The summed E-state index contributed by atoms with van der Waals surface area (Å²) >= 11 is 0. The molecule has 0 radical (unpaired) electrons. The first kappa shape index (κ1) is 17.8. The molecule has 1 aromatic heterocycles. The first-order valence-electron chi connectivity index (χ1n) is 9.13. The Labute approximate surface area is 163 Å². The molecule has 0 aliphatic heterocycles. The molecule has 0 fully saturated rings. The molecule has 140 valence electrons. The molecule has 5 nitrogen and oxygen atoms in total. The highest BCUT2D eigenvalue weighted by Crippen LogP contribution is 2.24. The molecule has 4 aromatic rings. The molecule has 1 heterocycles. The van der Waals surface area contributed by atoms with E-state index >= 15 is 0 Å². The zero-order chi connectivity index (χ0) is 19.3. The van der Waals surface area contributed by atoms with Gasteiger partial charge in [-0.3, -0.25) is 4.79 Å². The Morgan fingerprint density at radius 1 is 1.00 bits per heavy atom. The van der Waals surface area contributed by atoms with Gasteiger partial charge in [-0.25, -0.2) is 4.98 Å². The molecule has 1 amide bonds. The number of rotatable bonds is 6. The fourth-order valence-electron chi connectivity index (χ4n) is 3.17. The Morgan fingerprint density at radius 3 is 2.64 bits per heavy atom. The number of hydrogen-bond acceptors (Lipinski definition) is 3. The van der Waals surface area contributed by atoms with Crippen molar-refractivity contribution in [3.8, 4) is 16.9 Å². The average Bonchev–Trinajstić information content (AvgIpc) is 3.15. The first-order chi connectivity index (χ1) is 13.7. The number of nitrogens with zero attached hydrogens (tertiary/aromatic N) is 2. The van der Waals surface area contributed by atoms with Crippen LogP contribution in [0.5, 0.6) is 5.75 Å². The van der Waals surface area contributed by atoms with Gasteiger partial charge in [0.25, 0.3) is 0 Å². The lowest BCUT2D eigenvalue weighted by atomic mass is 10.0. The third kappa shape index (κ3) is 3.88. The second-order valence-corrected chi connectivity index (χ2v) is 6.57. The van der Waals surface area contributed by atoms with Crippen molar-refractivity contribution in [3.05, 3.63) is 84.7 Å². The first-order valence-corrected chi connectivity index (χ1v) is 9.13.